The summed E-state index contributed by atoms with van der Waals surface area (Å²) < 4.78 is 0. The van der Waals surface area contributed by atoms with Crippen molar-refractivity contribution in [3.8, 4) is 0 Å². The van der Waals surface area contributed by atoms with Crippen LogP contribution < -0.4 is 0 Å². The predicted octanol–water partition coefficient (Wildman–Crippen LogP) is 1.55. The number of nitrogens with zero attached hydrogens (tertiary/aromatic N) is 1. The maximum atomic E-state index is 12.1. The molecule has 0 bridgehead atoms. The minimum Gasteiger partial charge on any atom is -0.396 e. The van der Waals surface area contributed by atoms with E-state index in [0.717, 1.165) is 6.42 Å². The number of benzene rings is 1. The van der Waals surface area contributed by atoms with Crippen molar-refractivity contribution in [2.75, 3.05) is 19.8 Å². The lowest BCUT2D eigenvalue weighted by atomic mass is 10.0. The SMILES string of the molecule is O=C1c2ccccc2C(=O)N1CCCCC(CO)COO. The number of hydrogen-bond donors (Lipinski definition) is 2. The Hall–Kier alpha value is -1.76. The molecule has 21 heavy (non-hydrogen) atoms. The molecule has 2 N–H and O–H groups in total. The van der Waals surface area contributed by atoms with Crippen molar-refractivity contribution < 1.29 is 24.8 Å². The molecule has 0 spiro atoms. The van der Waals surface area contributed by atoms with E-state index >= 15 is 0 Å². The third-order valence-corrected chi connectivity index (χ3v) is 3.69. The van der Waals surface area contributed by atoms with Crippen LogP contribution in [0.25, 0.3) is 0 Å². The van der Waals surface area contributed by atoms with Gasteiger partial charge in [0.05, 0.1) is 17.7 Å². The molecule has 0 saturated heterocycles. The molecule has 6 nitrogen and oxygen atoms in total. The molecule has 0 aromatic heterocycles. The monoisotopic (exact) mass is 293 g/mol. The number of aliphatic hydroxyl groups excluding tert-OH is 1. The summed E-state index contributed by atoms with van der Waals surface area (Å²) in [5.41, 5.74) is 0.925. The minimum atomic E-state index is -0.243. The zero-order chi connectivity index (χ0) is 15.2. The largest absolute Gasteiger partial charge is 0.396 e. The fourth-order valence-corrected chi connectivity index (χ4v) is 2.48. The lowest BCUT2D eigenvalue weighted by molar-refractivity contribution is -0.253. The molecular formula is C15H19NO5. The highest BCUT2D eigenvalue weighted by molar-refractivity contribution is 6.21. The highest BCUT2D eigenvalue weighted by Crippen LogP contribution is 2.23. The number of carbonyl (C=O) groups is 2. The molecule has 2 rings (SSSR count). The molecule has 1 aliphatic rings. The fourth-order valence-electron chi connectivity index (χ4n) is 2.48. The van der Waals surface area contributed by atoms with Crippen molar-refractivity contribution in [2.24, 2.45) is 5.92 Å². The number of rotatable bonds is 8. The van der Waals surface area contributed by atoms with E-state index in [9.17, 15) is 9.59 Å². The van der Waals surface area contributed by atoms with E-state index in [0.29, 0.717) is 30.5 Å². The number of fused-ring (bicyclic) bond motifs is 1. The van der Waals surface area contributed by atoms with Crippen molar-refractivity contribution in [1.82, 2.24) is 4.90 Å². The number of hydrogen-bond acceptors (Lipinski definition) is 5. The van der Waals surface area contributed by atoms with Gasteiger partial charge in [-0.05, 0) is 25.0 Å². The summed E-state index contributed by atoms with van der Waals surface area (Å²) in [4.78, 5) is 29.5. The van der Waals surface area contributed by atoms with Gasteiger partial charge in [0.1, 0.15) is 0 Å². The number of unbranched alkanes of at least 4 members (excludes halogenated alkanes) is 1. The molecule has 0 saturated carbocycles. The van der Waals surface area contributed by atoms with E-state index in [-0.39, 0.29) is 30.9 Å². The van der Waals surface area contributed by atoms with Gasteiger partial charge in [-0.15, -0.1) is 0 Å². The van der Waals surface area contributed by atoms with E-state index in [1.54, 1.807) is 24.3 Å². The van der Waals surface area contributed by atoms with E-state index in [2.05, 4.69) is 4.89 Å². The Labute approximate surface area is 122 Å². The van der Waals surface area contributed by atoms with Crippen LogP contribution in [0.4, 0.5) is 0 Å². The molecule has 1 heterocycles. The Morgan fingerprint density at radius 1 is 1.10 bits per heavy atom. The fraction of sp³-hybridized carbons (Fsp3) is 0.467. The van der Waals surface area contributed by atoms with E-state index in [1.807, 2.05) is 0 Å². The Balaban J connectivity index is 1.83. The van der Waals surface area contributed by atoms with Crippen LogP contribution in [0.3, 0.4) is 0 Å². The van der Waals surface area contributed by atoms with Gasteiger partial charge in [-0.25, -0.2) is 4.89 Å². The molecule has 1 aliphatic heterocycles. The standard InChI is InChI=1S/C15H19NO5/c17-9-11(10-21-20)5-3-4-8-16-14(18)12-6-1-2-7-13(12)15(16)19/h1-2,6-7,11,17,20H,3-5,8-10H2. The second-order valence-electron chi connectivity index (χ2n) is 5.15. The third-order valence-electron chi connectivity index (χ3n) is 3.69. The van der Waals surface area contributed by atoms with E-state index in [4.69, 9.17) is 10.4 Å². The molecule has 0 aliphatic carbocycles. The van der Waals surface area contributed by atoms with Crippen molar-refractivity contribution in [3.63, 3.8) is 0 Å². The summed E-state index contributed by atoms with van der Waals surface area (Å²) in [5, 5.41) is 17.4. The third kappa shape index (κ3) is 3.47. The predicted molar refractivity (Wildman–Crippen MR) is 74.8 cm³/mol. The quantitative estimate of drug-likeness (QED) is 0.329. The summed E-state index contributed by atoms with van der Waals surface area (Å²) in [5.74, 6) is -0.613. The topological polar surface area (TPSA) is 87.1 Å². The Morgan fingerprint density at radius 2 is 1.71 bits per heavy atom. The molecule has 6 heteroatoms. The molecule has 1 aromatic rings. The number of amides is 2. The summed E-state index contributed by atoms with van der Waals surface area (Å²) in [6.07, 6.45) is 2.07. The minimum absolute atomic E-state index is 0.0619. The first-order valence-corrected chi connectivity index (χ1v) is 7.01. The van der Waals surface area contributed by atoms with Gasteiger partial charge in [0, 0.05) is 19.1 Å². The van der Waals surface area contributed by atoms with Gasteiger partial charge in [0.25, 0.3) is 11.8 Å². The van der Waals surface area contributed by atoms with Gasteiger partial charge in [0.15, 0.2) is 0 Å². The molecule has 2 amide bonds. The van der Waals surface area contributed by atoms with Gasteiger partial charge < -0.3 is 5.11 Å². The zero-order valence-corrected chi connectivity index (χ0v) is 11.7. The summed E-state index contributed by atoms with van der Waals surface area (Å²) >= 11 is 0. The van der Waals surface area contributed by atoms with Gasteiger partial charge in [-0.2, -0.15) is 0 Å². The Morgan fingerprint density at radius 3 is 2.24 bits per heavy atom. The molecule has 114 valence electrons. The van der Waals surface area contributed by atoms with Crippen molar-refractivity contribution >= 4 is 11.8 Å². The van der Waals surface area contributed by atoms with Crippen LogP contribution in [0.15, 0.2) is 24.3 Å². The van der Waals surface area contributed by atoms with Gasteiger partial charge in [0.2, 0.25) is 0 Å². The van der Waals surface area contributed by atoms with Crippen LogP contribution >= 0.6 is 0 Å². The van der Waals surface area contributed by atoms with Crippen LogP contribution in [0.1, 0.15) is 40.0 Å². The van der Waals surface area contributed by atoms with Crippen LogP contribution in [0.5, 0.6) is 0 Å². The average molecular weight is 293 g/mol. The van der Waals surface area contributed by atoms with Crippen LogP contribution in [-0.4, -0.2) is 46.8 Å². The first-order valence-electron chi connectivity index (χ1n) is 7.01. The first kappa shape index (κ1) is 15.6. The van der Waals surface area contributed by atoms with Crippen LogP contribution in [0, 0.1) is 5.92 Å². The molecule has 1 atom stereocenters. The molecule has 1 unspecified atom stereocenters. The Bertz CT molecular complexity index is 482. The highest BCUT2D eigenvalue weighted by Gasteiger charge is 2.34. The number of carbonyl (C=O) groups excluding carboxylic acids is 2. The second-order valence-corrected chi connectivity index (χ2v) is 5.15. The van der Waals surface area contributed by atoms with Gasteiger partial charge in [-0.3, -0.25) is 19.7 Å². The highest BCUT2D eigenvalue weighted by atomic mass is 17.1. The smallest absolute Gasteiger partial charge is 0.261 e. The number of imide groups is 1. The van der Waals surface area contributed by atoms with Crippen LogP contribution in [-0.2, 0) is 4.89 Å². The summed E-state index contributed by atoms with van der Waals surface area (Å²) in [6.45, 7) is 0.390. The van der Waals surface area contributed by atoms with Crippen molar-refractivity contribution in [3.05, 3.63) is 35.4 Å². The average Bonchev–Trinajstić information content (AvgIpc) is 2.75. The lowest BCUT2D eigenvalue weighted by Crippen LogP contribution is -2.30. The van der Waals surface area contributed by atoms with Gasteiger partial charge >= 0.3 is 0 Å². The maximum Gasteiger partial charge on any atom is 0.261 e. The van der Waals surface area contributed by atoms with Crippen molar-refractivity contribution in [1.29, 1.82) is 0 Å². The number of aliphatic hydroxyl groups is 1. The zero-order valence-electron chi connectivity index (χ0n) is 11.7. The van der Waals surface area contributed by atoms with Crippen molar-refractivity contribution in [2.45, 2.75) is 19.3 Å². The summed E-state index contributed by atoms with van der Waals surface area (Å²) in [7, 11) is 0. The second kappa shape index (κ2) is 7.31. The van der Waals surface area contributed by atoms with E-state index < -0.39 is 0 Å². The normalized spacial score (nSPS) is 15.4. The first-order chi connectivity index (χ1) is 10.2. The molecule has 0 radical (unpaired) electrons. The molecule has 1 aromatic carbocycles. The Kier molecular flexibility index (Phi) is 5.44. The lowest BCUT2D eigenvalue weighted by Gasteiger charge is -2.15. The van der Waals surface area contributed by atoms with Gasteiger partial charge in [-0.1, -0.05) is 18.6 Å². The molecule has 0 fully saturated rings. The van der Waals surface area contributed by atoms with Crippen LogP contribution in [0.2, 0.25) is 0 Å². The maximum absolute atomic E-state index is 12.1. The van der Waals surface area contributed by atoms with E-state index in [1.165, 1.54) is 4.90 Å². The summed E-state index contributed by atoms with van der Waals surface area (Å²) in [6, 6.07) is 6.81. The molecular weight excluding hydrogens is 274 g/mol.